The van der Waals surface area contributed by atoms with Gasteiger partial charge in [0.05, 0.1) is 12.8 Å². The molecule has 1 amide bonds. The molecule has 0 saturated carbocycles. The molecule has 124 valence electrons. The van der Waals surface area contributed by atoms with E-state index in [1.165, 1.54) is 6.26 Å². The van der Waals surface area contributed by atoms with Crippen LogP contribution in [-0.4, -0.2) is 26.9 Å². The molecule has 24 heavy (non-hydrogen) atoms. The van der Waals surface area contributed by atoms with Crippen molar-refractivity contribution in [3.63, 3.8) is 0 Å². The minimum absolute atomic E-state index is 0.139. The number of halogens is 1. The number of carbonyl (C=O) groups excluding carboxylic acids is 1. The fraction of sp³-hybridized carbons (Fsp3) is 0.222. The van der Waals surface area contributed by atoms with Gasteiger partial charge in [-0.1, -0.05) is 23.7 Å². The number of aromatic nitrogens is 2. The van der Waals surface area contributed by atoms with Crippen molar-refractivity contribution in [2.24, 2.45) is 0 Å². The van der Waals surface area contributed by atoms with Gasteiger partial charge in [0.2, 0.25) is 0 Å². The Hall–Kier alpha value is -2.53. The van der Waals surface area contributed by atoms with Gasteiger partial charge in [0, 0.05) is 30.5 Å². The number of rotatable bonds is 6. The van der Waals surface area contributed by atoms with Gasteiger partial charge in [-0.05, 0) is 36.8 Å². The average Bonchev–Trinajstić information content (AvgIpc) is 3.24. The molecule has 3 rings (SSSR count). The van der Waals surface area contributed by atoms with E-state index in [2.05, 4.69) is 4.98 Å². The minimum Gasteiger partial charge on any atom is -0.459 e. The monoisotopic (exact) mass is 343 g/mol. The van der Waals surface area contributed by atoms with Crippen LogP contribution in [-0.2, 0) is 13.1 Å². The van der Waals surface area contributed by atoms with E-state index >= 15 is 0 Å². The molecule has 6 heteroatoms. The summed E-state index contributed by atoms with van der Waals surface area (Å²) in [6.45, 7) is 3.58. The quantitative estimate of drug-likeness (QED) is 0.683. The van der Waals surface area contributed by atoms with E-state index in [4.69, 9.17) is 16.0 Å². The smallest absolute Gasteiger partial charge is 0.289 e. The molecular formula is C18H18ClN3O2. The van der Waals surface area contributed by atoms with Crippen molar-refractivity contribution in [3.05, 3.63) is 77.2 Å². The molecule has 0 unspecified atom stereocenters. The summed E-state index contributed by atoms with van der Waals surface area (Å²) in [5.74, 6) is 1.02. The highest BCUT2D eigenvalue weighted by molar-refractivity contribution is 6.30. The number of benzene rings is 1. The van der Waals surface area contributed by atoms with Gasteiger partial charge in [0.1, 0.15) is 5.82 Å². The summed E-state index contributed by atoms with van der Waals surface area (Å²) in [4.78, 5) is 18.6. The van der Waals surface area contributed by atoms with Crippen molar-refractivity contribution >= 4 is 17.5 Å². The number of hydrogen-bond acceptors (Lipinski definition) is 3. The van der Waals surface area contributed by atoms with E-state index in [1.54, 1.807) is 23.2 Å². The maximum Gasteiger partial charge on any atom is 0.289 e. The van der Waals surface area contributed by atoms with E-state index in [-0.39, 0.29) is 5.91 Å². The summed E-state index contributed by atoms with van der Waals surface area (Å²) < 4.78 is 7.22. The molecule has 0 spiro atoms. The molecule has 0 radical (unpaired) electrons. The van der Waals surface area contributed by atoms with Gasteiger partial charge in [-0.15, -0.1) is 0 Å². The highest BCUT2D eigenvalue weighted by Crippen LogP contribution is 2.14. The first kappa shape index (κ1) is 16.3. The average molecular weight is 344 g/mol. The van der Waals surface area contributed by atoms with Crippen molar-refractivity contribution < 1.29 is 9.21 Å². The Bertz CT molecular complexity index is 811. The van der Waals surface area contributed by atoms with Crippen LogP contribution in [0.15, 0.2) is 59.5 Å². The lowest BCUT2D eigenvalue weighted by atomic mass is 10.2. The van der Waals surface area contributed by atoms with Gasteiger partial charge in [-0.3, -0.25) is 4.79 Å². The predicted molar refractivity (Wildman–Crippen MR) is 91.9 cm³/mol. The predicted octanol–water partition coefficient (Wildman–Crippen LogP) is 3.84. The summed E-state index contributed by atoms with van der Waals surface area (Å²) in [6, 6.07) is 11.1. The van der Waals surface area contributed by atoms with Crippen LogP contribution in [0.3, 0.4) is 0 Å². The van der Waals surface area contributed by atoms with Crippen LogP contribution in [0, 0.1) is 0 Å². The van der Waals surface area contributed by atoms with Gasteiger partial charge in [0.15, 0.2) is 5.76 Å². The van der Waals surface area contributed by atoms with Crippen LogP contribution in [0.5, 0.6) is 0 Å². The first-order chi connectivity index (χ1) is 11.7. The Balaban J connectivity index is 1.75. The summed E-state index contributed by atoms with van der Waals surface area (Å²) in [5, 5.41) is 0.706. The van der Waals surface area contributed by atoms with Crippen molar-refractivity contribution in [2.45, 2.75) is 20.0 Å². The Morgan fingerprint density at radius 3 is 2.92 bits per heavy atom. The zero-order valence-electron chi connectivity index (χ0n) is 13.4. The molecule has 2 aromatic heterocycles. The van der Waals surface area contributed by atoms with Gasteiger partial charge < -0.3 is 13.9 Å². The first-order valence-corrected chi connectivity index (χ1v) is 8.12. The van der Waals surface area contributed by atoms with Crippen molar-refractivity contribution in [2.75, 3.05) is 6.54 Å². The standard InChI is InChI=1S/C18H18ClN3O2/c1-2-21(18(23)16-7-4-10-24-16)13-17-20-8-9-22(17)12-14-5-3-6-15(19)11-14/h3-11H,2,12-13H2,1H3. The zero-order valence-corrected chi connectivity index (χ0v) is 14.1. The van der Waals surface area contributed by atoms with Gasteiger partial charge in [0.25, 0.3) is 5.91 Å². The number of furan rings is 1. The third kappa shape index (κ3) is 3.68. The molecule has 2 heterocycles. The number of amides is 1. The molecule has 0 aliphatic carbocycles. The third-order valence-corrected chi connectivity index (χ3v) is 4.01. The summed E-state index contributed by atoms with van der Waals surface area (Å²) in [5.41, 5.74) is 1.09. The molecule has 1 aromatic carbocycles. The van der Waals surface area contributed by atoms with Crippen LogP contribution in [0.2, 0.25) is 5.02 Å². The van der Waals surface area contributed by atoms with Crippen molar-refractivity contribution in [3.8, 4) is 0 Å². The second kappa shape index (κ2) is 7.36. The summed E-state index contributed by atoms with van der Waals surface area (Å²) >= 11 is 6.04. The van der Waals surface area contributed by atoms with E-state index < -0.39 is 0 Å². The Morgan fingerprint density at radius 1 is 1.33 bits per heavy atom. The van der Waals surface area contributed by atoms with Crippen LogP contribution in [0.1, 0.15) is 28.9 Å². The van der Waals surface area contributed by atoms with Gasteiger partial charge in [-0.25, -0.2) is 4.98 Å². The van der Waals surface area contributed by atoms with E-state index in [1.807, 2.05) is 42.0 Å². The Labute approximate surface area is 145 Å². The molecule has 0 fully saturated rings. The fourth-order valence-corrected chi connectivity index (χ4v) is 2.73. The number of imidazole rings is 1. The largest absolute Gasteiger partial charge is 0.459 e. The van der Waals surface area contributed by atoms with E-state index in [0.717, 1.165) is 11.4 Å². The number of carbonyl (C=O) groups is 1. The molecular weight excluding hydrogens is 326 g/mol. The maximum absolute atomic E-state index is 12.5. The minimum atomic E-state index is -0.139. The topological polar surface area (TPSA) is 51.3 Å². The number of hydrogen-bond donors (Lipinski definition) is 0. The summed E-state index contributed by atoms with van der Waals surface area (Å²) in [6.07, 6.45) is 5.15. The van der Waals surface area contributed by atoms with Crippen molar-refractivity contribution in [1.82, 2.24) is 14.5 Å². The SMILES string of the molecule is CCN(Cc1nccn1Cc1cccc(Cl)c1)C(=O)c1ccco1. The van der Waals surface area contributed by atoms with Gasteiger partial charge >= 0.3 is 0 Å². The van der Waals surface area contributed by atoms with Crippen molar-refractivity contribution in [1.29, 1.82) is 0 Å². The molecule has 5 nitrogen and oxygen atoms in total. The van der Waals surface area contributed by atoms with Crippen LogP contribution >= 0.6 is 11.6 Å². The Kier molecular flexibility index (Phi) is 5.01. The molecule has 3 aromatic rings. The summed E-state index contributed by atoms with van der Waals surface area (Å²) in [7, 11) is 0. The van der Waals surface area contributed by atoms with Crippen LogP contribution in [0.4, 0.5) is 0 Å². The Morgan fingerprint density at radius 2 is 2.21 bits per heavy atom. The molecule has 0 N–H and O–H groups in total. The third-order valence-electron chi connectivity index (χ3n) is 3.78. The highest BCUT2D eigenvalue weighted by Gasteiger charge is 2.19. The van der Waals surface area contributed by atoms with Gasteiger partial charge in [-0.2, -0.15) is 0 Å². The van der Waals surface area contributed by atoms with E-state index in [0.29, 0.717) is 30.4 Å². The van der Waals surface area contributed by atoms with Crippen LogP contribution < -0.4 is 0 Å². The normalized spacial score (nSPS) is 10.8. The molecule has 0 aliphatic heterocycles. The molecule has 0 aliphatic rings. The molecule has 0 saturated heterocycles. The van der Waals surface area contributed by atoms with Crippen LogP contribution in [0.25, 0.3) is 0 Å². The number of nitrogens with zero attached hydrogens (tertiary/aromatic N) is 3. The second-order valence-corrected chi connectivity index (χ2v) is 5.83. The lowest BCUT2D eigenvalue weighted by Gasteiger charge is -2.20. The molecule has 0 bridgehead atoms. The first-order valence-electron chi connectivity index (χ1n) is 7.74. The van der Waals surface area contributed by atoms with E-state index in [9.17, 15) is 4.79 Å². The maximum atomic E-state index is 12.5. The lowest BCUT2D eigenvalue weighted by molar-refractivity contribution is 0.0714. The zero-order chi connectivity index (χ0) is 16.9. The molecule has 0 atom stereocenters. The lowest BCUT2D eigenvalue weighted by Crippen LogP contribution is -2.31. The fourth-order valence-electron chi connectivity index (χ4n) is 2.52. The second-order valence-electron chi connectivity index (χ2n) is 5.40. The highest BCUT2D eigenvalue weighted by atomic mass is 35.5.